The van der Waals surface area contributed by atoms with Crippen LogP contribution >= 0.6 is 0 Å². The van der Waals surface area contributed by atoms with Crippen LogP contribution in [0.5, 0.6) is 5.75 Å². The molecule has 0 bridgehead atoms. The average molecular weight is 326 g/mol. The number of nitrogens with zero attached hydrogens (tertiary/aromatic N) is 1. The molecule has 122 valence electrons. The number of fused-ring (bicyclic) bond motifs is 1. The van der Waals surface area contributed by atoms with Crippen molar-refractivity contribution in [1.29, 1.82) is 0 Å². The van der Waals surface area contributed by atoms with Gasteiger partial charge >= 0.3 is 10.2 Å². The summed E-state index contributed by atoms with van der Waals surface area (Å²) in [6, 6.07) is 7.56. The first-order chi connectivity index (χ1) is 10.4. The first kappa shape index (κ1) is 16.8. The number of benzene rings is 1. The van der Waals surface area contributed by atoms with Gasteiger partial charge in [0.2, 0.25) is 5.91 Å². The zero-order valence-corrected chi connectivity index (χ0v) is 13.7. The molecule has 1 aromatic rings. The standard InChI is InChI=1S/C15H22N2O4S/c1-3-9-17(2)22(19,20)16-15(18)11-12-8-10-21-14-7-5-4-6-13(12)14/h4-7,12H,3,8-11H2,1-2H3,(H,16,18)/t12-/m0/s1. The highest BCUT2D eigenvalue weighted by Crippen LogP contribution is 2.35. The number of hydrogen-bond acceptors (Lipinski definition) is 4. The molecule has 0 saturated carbocycles. The first-order valence-corrected chi connectivity index (χ1v) is 8.86. The fourth-order valence-electron chi connectivity index (χ4n) is 2.55. The summed E-state index contributed by atoms with van der Waals surface area (Å²) < 4.78 is 32.8. The Bertz CT molecular complexity index is 630. The van der Waals surface area contributed by atoms with Crippen molar-refractivity contribution in [2.45, 2.75) is 32.1 Å². The van der Waals surface area contributed by atoms with E-state index >= 15 is 0 Å². The summed E-state index contributed by atoms with van der Waals surface area (Å²) in [7, 11) is -2.29. The van der Waals surface area contributed by atoms with Crippen molar-refractivity contribution in [2.24, 2.45) is 0 Å². The second-order valence-corrected chi connectivity index (χ2v) is 7.21. The Hall–Kier alpha value is -1.60. The Kier molecular flexibility index (Phi) is 5.42. The highest BCUT2D eigenvalue weighted by atomic mass is 32.2. The fourth-order valence-corrected chi connectivity index (χ4v) is 3.50. The van der Waals surface area contributed by atoms with Gasteiger partial charge in [-0.3, -0.25) is 4.79 Å². The van der Waals surface area contributed by atoms with Crippen LogP contribution in [-0.2, 0) is 15.0 Å². The van der Waals surface area contributed by atoms with Crippen molar-refractivity contribution < 1.29 is 17.9 Å². The number of nitrogens with one attached hydrogen (secondary N) is 1. The van der Waals surface area contributed by atoms with E-state index in [1.807, 2.05) is 31.2 Å². The third-order valence-corrected chi connectivity index (χ3v) is 5.19. The fraction of sp³-hybridized carbons (Fsp3) is 0.533. The minimum Gasteiger partial charge on any atom is -0.493 e. The third kappa shape index (κ3) is 3.98. The quantitative estimate of drug-likeness (QED) is 0.862. The molecule has 1 atom stereocenters. The highest BCUT2D eigenvalue weighted by Gasteiger charge is 2.26. The van der Waals surface area contributed by atoms with Crippen molar-refractivity contribution >= 4 is 16.1 Å². The van der Waals surface area contributed by atoms with Gasteiger partial charge in [0, 0.05) is 20.0 Å². The van der Waals surface area contributed by atoms with Gasteiger partial charge in [0.05, 0.1) is 6.61 Å². The summed E-state index contributed by atoms with van der Waals surface area (Å²) in [4.78, 5) is 12.1. The van der Waals surface area contributed by atoms with Crippen LogP contribution in [0.15, 0.2) is 24.3 Å². The lowest BCUT2D eigenvalue weighted by atomic mass is 9.90. The van der Waals surface area contributed by atoms with Crippen molar-refractivity contribution in [3.63, 3.8) is 0 Å². The van der Waals surface area contributed by atoms with E-state index in [2.05, 4.69) is 4.72 Å². The monoisotopic (exact) mass is 326 g/mol. The second-order valence-electron chi connectivity index (χ2n) is 5.43. The van der Waals surface area contributed by atoms with Gasteiger partial charge < -0.3 is 4.74 Å². The topological polar surface area (TPSA) is 75.7 Å². The van der Waals surface area contributed by atoms with Gasteiger partial charge in [-0.05, 0) is 30.4 Å². The maximum absolute atomic E-state index is 12.1. The number of rotatable bonds is 6. The summed E-state index contributed by atoms with van der Waals surface area (Å²) in [5.74, 6) is 0.277. The molecule has 0 unspecified atom stereocenters. The molecule has 0 aromatic heterocycles. The summed E-state index contributed by atoms with van der Waals surface area (Å²) in [6.07, 6.45) is 1.54. The molecule has 0 fully saturated rings. The Morgan fingerprint density at radius 3 is 2.86 bits per heavy atom. The molecule has 0 spiro atoms. The highest BCUT2D eigenvalue weighted by molar-refractivity contribution is 7.87. The maximum Gasteiger partial charge on any atom is 0.303 e. The van der Waals surface area contributed by atoms with Crippen LogP contribution in [0.4, 0.5) is 0 Å². The molecule has 0 saturated heterocycles. The molecule has 2 rings (SSSR count). The van der Waals surface area contributed by atoms with Crippen molar-refractivity contribution in [1.82, 2.24) is 9.03 Å². The minimum atomic E-state index is -3.75. The lowest BCUT2D eigenvalue weighted by Crippen LogP contribution is -2.42. The third-order valence-electron chi connectivity index (χ3n) is 3.71. The number of hydrogen-bond donors (Lipinski definition) is 1. The van der Waals surface area contributed by atoms with Crippen molar-refractivity contribution in [2.75, 3.05) is 20.2 Å². The molecule has 1 aliphatic rings. The average Bonchev–Trinajstić information content (AvgIpc) is 2.47. The number of para-hydroxylation sites is 1. The number of carbonyl (C=O) groups is 1. The van der Waals surface area contributed by atoms with E-state index < -0.39 is 16.1 Å². The second kappa shape index (κ2) is 7.11. The van der Waals surface area contributed by atoms with Crippen LogP contribution in [0.1, 0.15) is 37.7 Å². The Balaban J connectivity index is 2.02. The van der Waals surface area contributed by atoms with Crippen LogP contribution in [0, 0.1) is 0 Å². The van der Waals surface area contributed by atoms with Crippen molar-refractivity contribution in [3.8, 4) is 5.75 Å². The van der Waals surface area contributed by atoms with Gasteiger partial charge in [-0.15, -0.1) is 0 Å². The van der Waals surface area contributed by atoms with E-state index in [1.54, 1.807) is 0 Å². The van der Waals surface area contributed by atoms with Gasteiger partial charge in [0.1, 0.15) is 5.75 Å². The molecular formula is C15H22N2O4S. The van der Waals surface area contributed by atoms with Crippen LogP contribution in [0.2, 0.25) is 0 Å². The van der Waals surface area contributed by atoms with E-state index in [1.165, 1.54) is 7.05 Å². The molecular weight excluding hydrogens is 304 g/mol. The zero-order valence-electron chi connectivity index (χ0n) is 12.9. The van der Waals surface area contributed by atoms with E-state index in [9.17, 15) is 13.2 Å². The van der Waals surface area contributed by atoms with Gasteiger partial charge in [0.25, 0.3) is 0 Å². The maximum atomic E-state index is 12.1. The summed E-state index contributed by atoms with van der Waals surface area (Å²) in [5, 5.41) is 0. The Morgan fingerprint density at radius 2 is 2.14 bits per heavy atom. The molecule has 1 heterocycles. The predicted molar refractivity (Wildman–Crippen MR) is 83.9 cm³/mol. The molecule has 0 aliphatic carbocycles. The van der Waals surface area contributed by atoms with Crippen LogP contribution < -0.4 is 9.46 Å². The van der Waals surface area contributed by atoms with Crippen LogP contribution in [0.25, 0.3) is 0 Å². The van der Waals surface area contributed by atoms with Crippen LogP contribution in [-0.4, -0.2) is 38.8 Å². The number of ether oxygens (including phenoxy) is 1. The van der Waals surface area contributed by atoms with E-state index in [0.717, 1.165) is 15.6 Å². The Labute approximate surface area is 131 Å². The molecule has 1 N–H and O–H groups in total. The molecule has 1 amide bonds. The van der Waals surface area contributed by atoms with Crippen molar-refractivity contribution in [3.05, 3.63) is 29.8 Å². The minimum absolute atomic E-state index is 0.0170. The smallest absolute Gasteiger partial charge is 0.303 e. The zero-order chi connectivity index (χ0) is 16.2. The summed E-state index contributed by atoms with van der Waals surface area (Å²) in [5.41, 5.74) is 0.961. The predicted octanol–water partition coefficient (Wildman–Crippen LogP) is 1.65. The SMILES string of the molecule is CCCN(C)S(=O)(=O)NC(=O)C[C@@H]1CCOc2ccccc21. The Morgan fingerprint density at radius 1 is 1.41 bits per heavy atom. The lowest BCUT2D eigenvalue weighted by molar-refractivity contribution is -0.119. The van der Waals surface area contributed by atoms with Gasteiger partial charge in [-0.1, -0.05) is 25.1 Å². The largest absolute Gasteiger partial charge is 0.493 e. The van der Waals surface area contributed by atoms with Crippen LogP contribution in [0.3, 0.4) is 0 Å². The number of amides is 1. The molecule has 0 radical (unpaired) electrons. The van der Waals surface area contributed by atoms with Gasteiger partial charge in [-0.25, -0.2) is 4.72 Å². The lowest BCUT2D eigenvalue weighted by Gasteiger charge is -2.25. The van der Waals surface area contributed by atoms with E-state index in [4.69, 9.17) is 4.74 Å². The van der Waals surface area contributed by atoms with Gasteiger partial charge in [0.15, 0.2) is 0 Å². The first-order valence-electron chi connectivity index (χ1n) is 7.42. The molecule has 1 aromatic carbocycles. The van der Waals surface area contributed by atoms with E-state index in [0.29, 0.717) is 26.0 Å². The molecule has 6 nitrogen and oxygen atoms in total. The summed E-state index contributed by atoms with van der Waals surface area (Å²) >= 11 is 0. The summed E-state index contributed by atoms with van der Waals surface area (Å²) in [6.45, 7) is 2.80. The number of carbonyl (C=O) groups excluding carboxylic acids is 1. The van der Waals surface area contributed by atoms with Gasteiger partial charge in [-0.2, -0.15) is 12.7 Å². The molecule has 22 heavy (non-hydrogen) atoms. The van der Waals surface area contributed by atoms with E-state index in [-0.39, 0.29) is 12.3 Å². The molecule has 1 aliphatic heterocycles. The molecule has 7 heteroatoms. The normalized spacial score (nSPS) is 17.7.